The molecule has 1 unspecified atom stereocenters. The third kappa shape index (κ3) is 2.43. The zero-order valence-corrected chi connectivity index (χ0v) is 8.31. The Hall–Kier alpha value is -1.13. The normalized spacial score (nSPS) is 12.5. The minimum absolute atomic E-state index is 0.00636. The van der Waals surface area contributed by atoms with Crippen LogP contribution in [0.25, 0.3) is 0 Å². The molecule has 0 bridgehead atoms. The molecule has 1 atom stereocenters. The molecule has 4 nitrogen and oxygen atoms in total. The molecule has 4 heteroatoms. The van der Waals surface area contributed by atoms with Crippen LogP contribution in [0, 0.1) is 0 Å². The van der Waals surface area contributed by atoms with Gasteiger partial charge >= 0.3 is 0 Å². The average Bonchev–Trinajstić information content (AvgIpc) is 2.23. The summed E-state index contributed by atoms with van der Waals surface area (Å²) in [5.74, 6) is 0.567. The molecule has 3 N–H and O–H groups in total. The van der Waals surface area contributed by atoms with Crippen molar-refractivity contribution in [2.45, 2.75) is 12.8 Å². The smallest absolute Gasteiger partial charge is 0.141 e. The van der Waals surface area contributed by atoms with E-state index in [1.165, 1.54) is 0 Å². The Morgan fingerprint density at radius 3 is 3.00 bits per heavy atom. The summed E-state index contributed by atoms with van der Waals surface area (Å²) >= 11 is 0. The Labute approximate surface area is 83.7 Å². The van der Waals surface area contributed by atoms with E-state index in [-0.39, 0.29) is 12.5 Å². The first-order chi connectivity index (χ1) is 6.83. The quantitative estimate of drug-likeness (QED) is 0.720. The SMILES string of the molecule is CCOc1cccnc1C(CN)CO. The zero-order valence-electron chi connectivity index (χ0n) is 8.31. The molecule has 0 radical (unpaired) electrons. The van der Waals surface area contributed by atoms with Gasteiger partial charge in [0.15, 0.2) is 0 Å². The van der Waals surface area contributed by atoms with Crippen LogP contribution in [0.4, 0.5) is 0 Å². The number of aliphatic hydroxyl groups is 1. The van der Waals surface area contributed by atoms with Gasteiger partial charge in [-0.3, -0.25) is 4.98 Å². The second kappa shape index (κ2) is 5.57. The summed E-state index contributed by atoms with van der Waals surface area (Å²) in [5, 5.41) is 9.10. The first-order valence-corrected chi connectivity index (χ1v) is 4.72. The van der Waals surface area contributed by atoms with Crippen LogP contribution in [0.15, 0.2) is 18.3 Å². The van der Waals surface area contributed by atoms with Gasteiger partial charge in [-0.05, 0) is 19.1 Å². The Morgan fingerprint density at radius 1 is 1.64 bits per heavy atom. The maximum Gasteiger partial charge on any atom is 0.141 e. The highest BCUT2D eigenvalue weighted by molar-refractivity contribution is 5.30. The summed E-state index contributed by atoms with van der Waals surface area (Å²) in [6.45, 7) is 2.86. The first kappa shape index (κ1) is 10.9. The summed E-state index contributed by atoms with van der Waals surface area (Å²) in [6.07, 6.45) is 1.68. The van der Waals surface area contributed by atoms with E-state index in [0.717, 1.165) is 5.69 Å². The van der Waals surface area contributed by atoms with E-state index in [1.807, 2.05) is 13.0 Å². The van der Waals surface area contributed by atoms with Gasteiger partial charge in [0.05, 0.1) is 18.9 Å². The monoisotopic (exact) mass is 196 g/mol. The van der Waals surface area contributed by atoms with Crippen LogP contribution in [0.5, 0.6) is 5.75 Å². The predicted molar refractivity (Wildman–Crippen MR) is 54.3 cm³/mol. The molecule has 0 aliphatic rings. The van der Waals surface area contributed by atoms with Crippen molar-refractivity contribution in [2.75, 3.05) is 19.8 Å². The Morgan fingerprint density at radius 2 is 2.43 bits per heavy atom. The molecular weight excluding hydrogens is 180 g/mol. The second-order valence-electron chi connectivity index (χ2n) is 2.93. The largest absolute Gasteiger partial charge is 0.492 e. The number of aromatic nitrogens is 1. The number of ether oxygens (including phenoxy) is 1. The van der Waals surface area contributed by atoms with Crippen molar-refractivity contribution in [3.8, 4) is 5.75 Å². The number of rotatable bonds is 5. The molecule has 1 aromatic heterocycles. The fraction of sp³-hybridized carbons (Fsp3) is 0.500. The number of nitrogens with two attached hydrogens (primary N) is 1. The Bertz CT molecular complexity index is 275. The number of aliphatic hydroxyl groups excluding tert-OH is 1. The summed E-state index contributed by atoms with van der Waals surface area (Å²) in [7, 11) is 0. The molecular formula is C10H16N2O2. The lowest BCUT2D eigenvalue weighted by molar-refractivity contribution is 0.258. The minimum atomic E-state index is -0.141. The molecule has 0 amide bonds. The minimum Gasteiger partial charge on any atom is -0.492 e. The van der Waals surface area contributed by atoms with Crippen LogP contribution in [-0.2, 0) is 0 Å². The van der Waals surface area contributed by atoms with Crippen molar-refractivity contribution in [3.63, 3.8) is 0 Å². The van der Waals surface area contributed by atoms with Crippen LogP contribution < -0.4 is 10.5 Å². The van der Waals surface area contributed by atoms with Crippen molar-refractivity contribution in [1.29, 1.82) is 0 Å². The van der Waals surface area contributed by atoms with Crippen LogP contribution >= 0.6 is 0 Å². The van der Waals surface area contributed by atoms with Crippen LogP contribution in [0.1, 0.15) is 18.5 Å². The third-order valence-electron chi connectivity index (χ3n) is 1.99. The van der Waals surface area contributed by atoms with Gasteiger partial charge in [-0.25, -0.2) is 0 Å². The maximum atomic E-state index is 9.10. The fourth-order valence-corrected chi connectivity index (χ4v) is 1.26. The van der Waals surface area contributed by atoms with Gasteiger partial charge in [0.25, 0.3) is 0 Å². The van der Waals surface area contributed by atoms with Crippen molar-refractivity contribution in [3.05, 3.63) is 24.0 Å². The summed E-state index contributed by atoms with van der Waals surface area (Å²) < 4.78 is 5.39. The lowest BCUT2D eigenvalue weighted by atomic mass is 10.1. The Kier molecular flexibility index (Phi) is 4.35. The molecule has 0 aliphatic heterocycles. The molecule has 0 spiro atoms. The highest BCUT2D eigenvalue weighted by atomic mass is 16.5. The number of hydrogen-bond donors (Lipinski definition) is 2. The molecule has 0 aliphatic carbocycles. The second-order valence-corrected chi connectivity index (χ2v) is 2.93. The van der Waals surface area contributed by atoms with Gasteiger partial charge in [0.2, 0.25) is 0 Å². The van der Waals surface area contributed by atoms with Gasteiger partial charge < -0.3 is 15.6 Å². The van der Waals surface area contributed by atoms with E-state index in [4.69, 9.17) is 15.6 Å². The van der Waals surface area contributed by atoms with E-state index >= 15 is 0 Å². The van der Waals surface area contributed by atoms with Crippen molar-refractivity contribution in [1.82, 2.24) is 4.98 Å². The molecule has 0 saturated heterocycles. The lowest BCUT2D eigenvalue weighted by Crippen LogP contribution is -2.18. The third-order valence-corrected chi connectivity index (χ3v) is 1.99. The van der Waals surface area contributed by atoms with Crippen LogP contribution in [-0.4, -0.2) is 29.8 Å². The van der Waals surface area contributed by atoms with E-state index < -0.39 is 0 Å². The average molecular weight is 196 g/mol. The predicted octanol–water partition coefficient (Wildman–Crippen LogP) is 0.515. The first-order valence-electron chi connectivity index (χ1n) is 4.72. The van der Waals surface area contributed by atoms with Crippen molar-refractivity contribution >= 4 is 0 Å². The molecule has 78 valence electrons. The maximum absolute atomic E-state index is 9.10. The van der Waals surface area contributed by atoms with E-state index in [0.29, 0.717) is 18.9 Å². The highest BCUT2D eigenvalue weighted by Gasteiger charge is 2.14. The summed E-state index contributed by atoms with van der Waals surface area (Å²) in [4.78, 5) is 4.17. The standard InChI is InChI=1S/C10H16N2O2/c1-2-14-9-4-3-5-12-10(9)8(6-11)7-13/h3-5,8,13H,2,6-7,11H2,1H3. The van der Waals surface area contributed by atoms with Gasteiger partial charge in [-0.15, -0.1) is 0 Å². The van der Waals surface area contributed by atoms with E-state index in [2.05, 4.69) is 4.98 Å². The molecule has 1 rings (SSSR count). The van der Waals surface area contributed by atoms with Crippen molar-refractivity contribution < 1.29 is 9.84 Å². The van der Waals surface area contributed by atoms with Gasteiger partial charge in [0, 0.05) is 18.7 Å². The van der Waals surface area contributed by atoms with Gasteiger partial charge in [-0.1, -0.05) is 0 Å². The molecule has 1 aromatic rings. The molecule has 0 aromatic carbocycles. The topological polar surface area (TPSA) is 68.4 Å². The van der Waals surface area contributed by atoms with Gasteiger partial charge in [-0.2, -0.15) is 0 Å². The lowest BCUT2D eigenvalue weighted by Gasteiger charge is -2.14. The number of nitrogens with zero attached hydrogens (tertiary/aromatic N) is 1. The number of pyridine rings is 1. The highest BCUT2D eigenvalue weighted by Crippen LogP contribution is 2.23. The van der Waals surface area contributed by atoms with Crippen LogP contribution in [0.2, 0.25) is 0 Å². The van der Waals surface area contributed by atoms with Gasteiger partial charge in [0.1, 0.15) is 5.75 Å². The van der Waals surface area contributed by atoms with E-state index in [1.54, 1.807) is 12.3 Å². The molecule has 0 saturated carbocycles. The molecule has 0 fully saturated rings. The zero-order chi connectivity index (χ0) is 10.4. The number of hydrogen-bond acceptors (Lipinski definition) is 4. The summed E-state index contributed by atoms with van der Waals surface area (Å²) in [6, 6.07) is 3.64. The fourth-order valence-electron chi connectivity index (χ4n) is 1.26. The molecule has 14 heavy (non-hydrogen) atoms. The molecule has 1 heterocycles. The van der Waals surface area contributed by atoms with Crippen LogP contribution in [0.3, 0.4) is 0 Å². The Balaban J connectivity index is 2.92. The van der Waals surface area contributed by atoms with Crippen molar-refractivity contribution in [2.24, 2.45) is 5.73 Å². The summed E-state index contributed by atoms with van der Waals surface area (Å²) in [5.41, 5.74) is 6.26. The van der Waals surface area contributed by atoms with E-state index in [9.17, 15) is 0 Å².